The number of H-pyrrole nitrogens is 1. The number of hydrogen-bond donors (Lipinski definition) is 3. The first-order valence-electron chi connectivity index (χ1n) is 8.29. The second-order valence-corrected chi connectivity index (χ2v) is 6.44. The summed E-state index contributed by atoms with van der Waals surface area (Å²) in [4.78, 5) is 16.4. The van der Waals surface area contributed by atoms with Crippen molar-refractivity contribution in [1.29, 1.82) is 0 Å². The number of aromatic amines is 1. The highest BCUT2D eigenvalue weighted by molar-refractivity contribution is 5.98. The minimum Gasteiger partial charge on any atom is -0.359 e. The van der Waals surface area contributed by atoms with Crippen LogP contribution in [0, 0.1) is 6.92 Å². The average Bonchev–Trinajstić information content (AvgIpc) is 3.24. The van der Waals surface area contributed by atoms with E-state index >= 15 is 0 Å². The van der Waals surface area contributed by atoms with Crippen LogP contribution in [0.15, 0.2) is 42.7 Å². The number of fused-ring (bicyclic) bond motifs is 1. The molecule has 0 radical (unpaired) electrons. The van der Waals surface area contributed by atoms with E-state index in [0.29, 0.717) is 0 Å². The van der Waals surface area contributed by atoms with Gasteiger partial charge in [0, 0.05) is 34.7 Å². The van der Waals surface area contributed by atoms with Crippen molar-refractivity contribution in [3.05, 3.63) is 48.4 Å². The van der Waals surface area contributed by atoms with Crippen molar-refractivity contribution in [3.63, 3.8) is 0 Å². The molecule has 6 nitrogen and oxygen atoms in total. The molecule has 124 valence electrons. The molecule has 1 fully saturated rings. The SMILES string of the molecule is Cc1cc2cc(NC(=O)C3(n4cccn4)CCNCC3)ccc2[nH]1. The van der Waals surface area contributed by atoms with Crippen LogP contribution in [0.4, 0.5) is 5.69 Å². The molecule has 0 atom stereocenters. The normalized spacial score (nSPS) is 17.0. The maximum atomic E-state index is 13.1. The van der Waals surface area contributed by atoms with Crippen molar-refractivity contribution in [3.8, 4) is 0 Å². The van der Waals surface area contributed by atoms with Crippen LogP contribution >= 0.6 is 0 Å². The molecule has 0 saturated carbocycles. The molecule has 0 bridgehead atoms. The minimum absolute atomic E-state index is 0.000641. The summed E-state index contributed by atoms with van der Waals surface area (Å²) in [5, 5.41) is 11.9. The van der Waals surface area contributed by atoms with Gasteiger partial charge < -0.3 is 15.6 Å². The molecule has 3 aromatic rings. The summed E-state index contributed by atoms with van der Waals surface area (Å²) in [5.41, 5.74) is 2.38. The Balaban J connectivity index is 1.64. The molecule has 1 aromatic carbocycles. The van der Waals surface area contributed by atoms with E-state index in [-0.39, 0.29) is 5.91 Å². The van der Waals surface area contributed by atoms with Crippen LogP contribution in [0.3, 0.4) is 0 Å². The molecule has 1 aliphatic rings. The fourth-order valence-corrected chi connectivity index (χ4v) is 3.53. The lowest BCUT2D eigenvalue weighted by Crippen LogP contribution is -2.52. The number of aromatic nitrogens is 3. The number of carbonyl (C=O) groups is 1. The van der Waals surface area contributed by atoms with Crippen molar-refractivity contribution >= 4 is 22.5 Å². The number of amides is 1. The van der Waals surface area contributed by atoms with Gasteiger partial charge in [-0.1, -0.05) is 0 Å². The fourth-order valence-electron chi connectivity index (χ4n) is 3.53. The largest absolute Gasteiger partial charge is 0.359 e. The van der Waals surface area contributed by atoms with Gasteiger partial charge in [-0.15, -0.1) is 0 Å². The van der Waals surface area contributed by atoms with Gasteiger partial charge in [0.1, 0.15) is 5.54 Å². The van der Waals surface area contributed by atoms with Gasteiger partial charge in [-0.2, -0.15) is 5.10 Å². The van der Waals surface area contributed by atoms with E-state index in [1.54, 1.807) is 6.20 Å². The van der Waals surface area contributed by atoms with E-state index in [1.807, 2.05) is 42.1 Å². The van der Waals surface area contributed by atoms with Gasteiger partial charge >= 0.3 is 0 Å². The zero-order valence-electron chi connectivity index (χ0n) is 13.7. The number of carbonyl (C=O) groups excluding carboxylic acids is 1. The Morgan fingerprint density at radius 2 is 2.12 bits per heavy atom. The number of hydrogen-bond acceptors (Lipinski definition) is 3. The Kier molecular flexibility index (Phi) is 3.61. The second-order valence-electron chi connectivity index (χ2n) is 6.44. The number of nitrogens with zero attached hydrogens (tertiary/aromatic N) is 2. The average molecular weight is 323 g/mol. The molecule has 6 heteroatoms. The summed E-state index contributed by atoms with van der Waals surface area (Å²) in [6, 6.07) is 9.90. The highest BCUT2D eigenvalue weighted by Crippen LogP contribution is 2.29. The van der Waals surface area contributed by atoms with Crippen molar-refractivity contribution in [2.75, 3.05) is 18.4 Å². The Morgan fingerprint density at radius 1 is 1.29 bits per heavy atom. The van der Waals surface area contributed by atoms with Crippen LogP contribution in [0.25, 0.3) is 10.9 Å². The summed E-state index contributed by atoms with van der Waals surface area (Å²) in [6.07, 6.45) is 5.06. The third kappa shape index (κ3) is 2.49. The zero-order valence-corrected chi connectivity index (χ0v) is 13.7. The number of piperidine rings is 1. The molecule has 3 heterocycles. The van der Waals surface area contributed by atoms with Gasteiger partial charge in [0.2, 0.25) is 0 Å². The van der Waals surface area contributed by atoms with Crippen LogP contribution in [0.5, 0.6) is 0 Å². The van der Waals surface area contributed by atoms with Crippen LogP contribution in [0.2, 0.25) is 0 Å². The second kappa shape index (κ2) is 5.79. The summed E-state index contributed by atoms with van der Waals surface area (Å²) in [5.74, 6) is -0.000641. The van der Waals surface area contributed by atoms with Gasteiger partial charge in [-0.3, -0.25) is 9.48 Å². The Labute approximate surface area is 140 Å². The highest BCUT2D eigenvalue weighted by Gasteiger charge is 2.42. The monoisotopic (exact) mass is 323 g/mol. The van der Waals surface area contributed by atoms with Gasteiger partial charge in [-0.25, -0.2) is 0 Å². The predicted molar refractivity (Wildman–Crippen MR) is 94.0 cm³/mol. The van der Waals surface area contributed by atoms with Crippen molar-refractivity contribution in [2.24, 2.45) is 0 Å². The topological polar surface area (TPSA) is 74.7 Å². The first-order valence-corrected chi connectivity index (χ1v) is 8.29. The Morgan fingerprint density at radius 3 is 2.88 bits per heavy atom. The lowest BCUT2D eigenvalue weighted by Gasteiger charge is -2.36. The van der Waals surface area contributed by atoms with E-state index in [2.05, 4.69) is 26.8 Å². The molecular weight excluding hydrogens is 302 g/mol. The summed E-state index contributed by atoms with van der Waals surface area (Å²) >= 11 is 0. The first-order chi connectivity index (χ1) is 11.7. The molecule has 0 unspecified atom stereocenters. The van der Waals surface area contributed by atoms with Crippen LogP contribution in [-0.4, -0.2) is 33.8 Å². The van der Waals surface area contributed by atoms with Crippen molar-refractivity contribution < 1.29 is 4.79 Å². The molecule has 24 heavy (non-hydrogen) atoms. The van der Waals surface area contributed by atoms with E-state index in [4.69, 9.17) is 0 Å². The quantitative estimate of drug-likeness (QED) is 0.693. The number of benzene rings is 1. The molecule has 0 spiro atoms. The standard InChI is InChI=1S/C18H21N5O/c1-13-11-14-12-15(3-4-16(14)21-13)22-17(24)18(5-8-19-9-6-18)23-10-2-7-20-23/h2-4,7,10-12,19,21H,5-6,8-9H2,1H3,(H,22,24). The number of aryl methyl sites for hydroxylation is 1. The molecule has 1 saturated heterocycles. The molecular formula is C18H21N5O. The molecule has 1 amide bonds. The van der Waals surface area contributed by atoms with Crippen molar-refractivity contribution in [2.45, 2.75) is 25.3 Å². The number of anilines is 1. The Hall–Kier alpha value is -2.60. The summed E-state index contributed by atoms with van der Waals surface area (Å²) in [7, 11) is 0. The molecule has 1 aliphatic heterocycles. The van der Waals surface area contributed by atoms with E-state index < -0.39 is 5.54 Å². The van der Waals surface area contributed by atoms with Crippen LogP contribution in [0.1, 0.15) is 18.5 Å². The smallest absolute Gasteiger partial charge is 0.252 e. The number of nitrogens with one attached hydrogen (secondary N) is 3. The van der Waals surface area contributed by atoms with Gasteiger partial charge in [0.25, 0.3) is 5.91 Å². The molecule has 4 rings (SSSR count). The maximum Gasteiger partial charge on any atom is 0.252 e. The molecule has 2 aromatic heterocycles. The summed E-state index contributed by atoms with van der Waals surface area (Å²) in [6.45, 7) is 3.65. The highest BCUT2D eigenvalue weighted by atomic mass is 16.2. The lowest BCUT2D eigenvalue weighted by atomic mass is 9.87. The van der Waals surface area contributed by atoms with E-state index in [0.717, 1.165) is 48.2 Å². The zero-order chi connectivity index (χ0) is 16.6. The maximum absolute atomic E-state index is 13.1. The van der Waals surface area contributed by atoms with Crippen LogP contribution in [-0.2, 0) is 10.3 Å². The van der Waals surface area contributed by atoms with Gasteiger partial charge in [0.15, 0.2) is 0 Å². The third-order valence-corrected chi connectivity index (χ3v) is 4.81. The van der Waals surface area contributed by atoms with Crippen LogP contribution < -0.4 is 10.6 Å². The van der Waals surface area contributed by atoms with Gasteiger partial charge in [0.05, 0.1) is 0 Å². The minimum atomic E-state index is -0.627. The summed E-state index contributed by atoms with van der Waals surface area (Å²) < 4.78 is 1.81. The first kappa shape index (κ1) is 15.0. The van der Waals surface area contributed by atoms with E-state index in [9.17, 15) is 4.79 Å². The fraction of sp³-hybridized carbons (Fsp3) is 0.333. The molecule has 0 aliphatic carbocycles. The Bertz CT molecular complexity index is 859. The molecule has 3 N–H and O–H groups in total. The van der Waals surface area contributed by atoms with E-state index in [1.165, 1.54) is 0 Å². The van der Waals surface area contributed by atoms with Crippen molar-refractivity contribution in [1.82, 2.24) is 20.1 Å². The van der Waals surface area contributed by atoms with Gasteiger partial charge in [-0.05, 0) is 63.2 Å². The third-order valence-electron chi connectivity index (χ3n) is 4.81. The number of rotatable bonds is 3. The lowest BCUT2D eigenvalue weighted by molar-refractivity contribution is -0.126. The predicted octanol–water partition coefficient (Wildman–Crippen LogP) is 2.39.